The summed E-state index contributed by atoms with van der Waals surface area (Å²) in [7, 11) is 0. The van der Waals surface area contributed by atoms with Gasteiger partial charge in [0.1, 0.15) is 23.9 Å². The molecule has 2 aromatic carbocycles. The van der Waals surface area contributed by atoms with Crippen LogP contribution in [0.4, 0.5) is 0 Å². The zero-order valence-electron chi connectivity index (χ0n) is 22.4. The maximum atomic E-state index is 13.3. The van der Waals surface area contributed by atoms with E-state index < -0.39 is 60.2 Å². The van der Waals surface area contributed by atoms with Crippen molar-refractivity contribution in [2.75, 3.05) is 0 Å². The van der Waals surface area contributed by atoms with Gasteiger partial charge in [-0.1, -0.05) is 42.5 Å². The largest absolute Gasteiger partial charge is 0.508 e. The van der Waals surface area contributed by atoms with Gasteiger partial charge in [-0.05, 0) is 29.7 Å². The number of aromatic amines is 1. The van der Waals surface area contributed by atoms with Gasteiger partial charge in [0.05, 0.1) is 18.8 Å². The number of carboxylic acid groups (broad SMARTS) is 2. The van der Waals surface area contributed by atoms with Gasteiger partial charge in [-0.2, -0.15) is 0 Å². The fourth-order valence-corrected chi connectivity index (χ4v) is 4.06. The molecule has 0 aliphatic heterocycles. The summed E-state index contributed by atoms with van der Waals surface area (Å²) in [5.41, 5.74) is 7.69. The minimum atomic E-state index is -1.59. The second kappa shape index (κ2) is 14.9. The van der Waals surface area contributed by atoms with Crippen LogP contribution in [0.5, 0.6) is 5.75 Å². The van der Waals surface area contributed by atoms with Gasteiger partial charge in [0, 0.05) is 24.7 Å². The van der Waals surface area contributed by atoms with Crippen LogP contribution in [-0.4, -0.2) is 79.1 Å². The fourth-order valence-electron chi connectivity index (χ4n) is 4.06. The predicted octanol–water partition coefficient (Wildman–Crippen LogP) is -0.516. The molecule has 14 nitrogen and oxygen atoms in total. The molecule has 4 atom stereocenters. The average molecular weight is 581 g/mol. The van der Waals surface area contributed by atoms with Gasteiger partial charge < -0.3 is 42.0 Å². The molecule has 0 fully saturated rings. The molecule has 0 radical (unpaired) electrons. The number of aromatic nitrogens is 2. The van der Waals surface area contributed by atoms with Crippen molar-refractivity contribution in [3.8, 4) is 5.75 Å². The molecule has 42 heavy (non-hydrogen) atoms. The lowest BCUT2D eigenvalue weighted by atomic mass is 10.0. The molecule has 0 bridgehead atoms. The number of carbonyl (C=O) groups is 5. The lowest BCUT2D eigenvalue weighted by Crippen LogP contribution is -2.58. The Morgan fingerprint density at radius 1 is 0.762 bits per heavy atom. The highest BCUT2D eigenvalue weighted by molar-refractivity contribution is 5.95. The number of rotatable bonds is 15. The number of hydrogen-bond donors (Lipinski definition) is 8. The molecule has 14 heteroatoms. The summed E-state index contributed by atoms with van der Waals surface area (Å²) in [6, 6.07) is 9.14. The Balaban J connectivity index is 1.77. The first-order chi connectivity index (χ1) is 20.0. The van der Waals surface area contributed by atoms with Gasteiger partial charge in [0.15, 0.2) is 0 Å². The number of imidazole rings is 1. The van der Waals surface area contributed by atoms with E-state index in [1.54, 1.807) is 30.3 Å². The number of H-pyrrole nitrogens is 1. The van der Waals surface area contributed by atoms with Crippen molar-refractivity contribution >= 4 is 29.7 Å². The Labute approximate surface area is 240 Å². The predicted molar refractivity (Wildman–Crippen MR) is 148 cm³/mol. The highest BCUT2D eigenvalue weighted by atomic mass is 16.4. The number of phenolic OH excluding ortho intramolecular Hbond substituents is 1. The number of phenols is 1. The van der Waals surface area contributed by atoms with E-state index in [1.807, 2.05) is 0 Å². The van der Waals surface area contributed by atoms with Crippen molar-refractivity contribution in [2.24, 2.45) is 5.73 Å². The standard InChI is InChI=1S/C28H32N6O8/c29-20(10-16-4-2-1-3-5-16)25(38)32-22(13-24(36)37)27(40)33-21(11-17-6-8-19(35)9-7-17)26(39)34-23(28(41)42)12-18-14-30-15-31-18/h1-9,14-15,20-23,35H,10-13,29H2,(H,30,31)(H,32,38)(H,33,40)(H,34,39)(H,36,37)(H,41,42). The zero-order valence-corrected chi connectivity index (χ0v) is 22.4. The van der Waals surface area contributed by atoms with Crippen LogP contribution in [0.1, 0.15) is 23.2 Å². The van der Waals surface area contributed by atoms with E-state index in [4.69, 9.17) is 5.73 Å². The van der Waals surface area contributed by atoms with Crippen molar-refractivity contribution in [3.05, 3.63) is 83.9 Å². The minimum absolute atomic E-state index is 0.0367. The van der Waals surface area contributed by atoms with E-state index in [2.05, 4.69) is 25.9 Å². The molecular formula is C28H32N6O8. The number of benzene rings is 2. The zero-order chi connectivity index (χ0) is 30.6. The summed E-state index contributed by atoms with van der Waals surface area (Å²) in [6.45, 7) is 0. The normalized spacial score (nSPS) is 13.6. The maximum Gasteiger partial charge on any atom is 0.326 e. The highest BCUT2D eigenvalue weighted by Crippen LogP contribution is 2.12. The SMILES string of the molecule is NC(Cc1ccccc1)C(=O)NC(CC(=O)O)C(=O)NC(Cc1ccc(O)cc1)C(=O)NC(Cc1cnc[nH]1)C(=O)O. The van der Waals surface area contributed by atoms with E-state index in [1.165, 1.54) is 36.8 Å². The number of nitrogens with zero attached hydrogens (tertiary/aromatic N) is 1. The van der Waals surface area contributed by atoms with Crippen molar-refractivity contribution in [1.82, 2.24) is 25.9 Å². The van der Waals surface area contributed by atoms with Crippen LogP contribution < -0.4 is 21.7 Å². The van der Waals surface area contributed by atoms with Crippen LogP contribution in [0.25, 0.3) is 0 Å². The molecule has 222 valence electrons. The Morgan fingerprint density at radius 3 is 1.95 bits per heavy atom. The molecule has 4 unspecified atom stereocenters. The molecule has 9 N–H and O–H groups in total. The number of hydrogen-bond acceptors (Lipinski definition) is 8. The summed E-state index contributed by atoms with van der Waals surface area (Å²) in [5, 5.41) is 35.8. The van der Waals surface area contributed by atoms with Gasteiger partial charge in [-0.15, -0.1) is 0 Å². The number of carboxylic acids is 2. The number of amides is 3. The fraction of sp³-hybridized carbons (Fsp3) is 0.286. The number of aliphatic carboxylic acids is 2. The Hall–Kier alpha value is -5.24. The van der Waals surface area contributed by atoms with Crippen molar-refractivity contribution in [2.45, 2.75) is 49.9 Å². The third-order valence-corrected chi connectivity index (χ3v) is 6.25. The second-order valence-electron chi connectivity index (χ2n) is 9.57. The second-order valence-corrected chi connectivity index (χ2v) is 9.57. The van der Waals surface area contributed by atoms with Crippen LogP contribution in [-0.2, 0) is 43.2 Å². The molecule has 3 aromatic rings. The van der Waals surface area contributed by atoms with Crippen LogP contribution in [0, 0.1) is 0 Å². The smallest absolute Gasteiger partial charge is 0.326 e. The van der Waals surface area contributed by atoms with Gasteiger partial charge in [-0.25, -0.2) is 9.78 Å². The van der Waals surface area contributed by atoms with Gasteiger partial charge in [-0.3, -0.25) is 19.2 Å². The summed E-state index contributed by atoms with van der Waals surface area (Å²) in [4.78, 5) is 69.3. The monoisotopic (exact) mass is 580 g/mol. The van der Waals surface area contributed by atoms with Crippen molar-refractivity contribution in [1.29, 1.82) is 0 Å². The Morgan fingerprint density at radius 2 is 1.36 bits per heavy atom. The molecule has 1 heterocycles. The maximum absolute atomic E-state index is 13.3. The van der Waals surface area contributed by atoms with E-state index in [9.17, 15) is 39.3 Å². The minimum Gasteiger partial charge on any atom is -0.508 e. The lowest BCUT2D eigenvalue weighted by molar-refractivity contribution is -0.143. The molecule has 1 aromatic heterocycles. The van der Waals surface area contributed by atoms with Gasteiger partial charge in [0.2, 0.25) is 17.7 Å². The molecular weight excluding hydrogens is 548 g/mol. The number of nitrogens with one attached hydrogen (secondary N) is 4. The topological polar surface area (TPSA) is 237 Å². The molecule has 0 aliphatic carbocycles. The lowest BCUT2D eigenvalue weighted by Gasteiger charge is -2.25. The summed E-state index contributed by atoms with van der Waals surface area (Å²) in [6.07, 6.45) is 1.81. The third-order valence-electron chi connectivity index (χ3n) is 6.25. The number of aromatic hydroxyl groups is 1. The summed E-state index contributed by atoms with van der Waals surface area (Å²) < 4.78 is 0. The van der Waals surface area contributed by atoms with Crippen LogP contribution >= 0.6 is 0 Å². The van der Waals surface area contributed by atoms with E-state index in [0.717, 1.165) is 5.56 Å². The molecule has 0 saturated heterocycles. The summed E-state index contributed by atoms with van der Waals surface area (Å²) >= 11 is 0. The van der Waals surface area contributed by atoms with E-state index in [-0.39, 0.29) is 25.0 Å². The molecule has 3 amide bonds. The van der Waals surface area contributed by atoms with E-state index >= 15 is 0 Å². The number of carbonyl (C=O) groups excluding carboxylic acids is 3. The number of nitrogens with two attached hydrogens (primary N) is 1. The van der Waals surface area contributed by atoms with Crippen molar-refractivity contribution in [3.63, 3.8) is 0 Å². The van der Waals surface area contributed by atoms with Crippen LogP contribution in [0.3, 0.4) is 0 Å². The van der Waals surface area contributed by atoms with Crippen molar-refractivity contribution < 1.29 is 39.3 Å². The van der Waals surface area contributed by atoms with Gasteiger partial charge in [0.25, 0.3) is 0 Å². The first-order valence-corrected chi connectivity index (χ1v) is 12.9. The summed E-state index contributed by atoms with van der Waals surface area (Å²) in [5.74, 6) is -5.40. The van der Waals surface area contributed by atoms with Gasteiger partial charge >= 0.3 is 11.9 Å². The third kappa shape index (κ3) is 9.75. The van der Waals surface area contributed by atoms with Crippen LogP contribution in [0.2, 0.25) is 0 Å². The Kier molecular flexibility index (Phi) is 11.1. The average Bonchev–Trinajstić information content (AvgIpc) is 3.46. The molecule has 3 rings (SSSR count). The molecule has 0 spiro atoms. The van der Waals surface area contributed by atoms with Crippen LogP contribution in [0.15, 0.2) is 67.1 Å². The van der Waals surface area contributed by atoms with E-state index in [0.29, 0.717) is 11.3 Å². The quantitative estimate of drug-likeness (QED) is 0.114. The first-order valence-electron chi connectivity index (χ1n) is 12.9. The molecule has 0 saturated carbocycles. The first kappa shape index (κ1) is 31.3. The Bertz CT molecular complexity index is 1360. The highest BCUT2D eigenvalue weighted by Gasteiger charge is 2.32. The molecule has 0 aliphatic rings.